The molecular weight excluding hydrogens is 380 g/mol. The van der Waals surface area contributed by atoms with Crippen LogP contribution in [0.2, 0.25) is 0 Å². The van der Waals surface area contributed by atoms with Gasteiger partial charge in [0.15, 0.2) is 0 Å². The third-order valence-electron chi connectivity index (χ3n) is 10.2. The zero-order valence-corrected chi connectivity index (χ0v) is 19.0. The third-order valence-corrected chi connectivity index (χ3v) is 10.2. The first kappa shape index (κ1) is 20.8. The average molecular weight is 419 g/mol. The van der Waals surface area contributed by atoms with Crippen LogP contribution in [0.1, 0.15) is 85.5 Å². The van der Waals surface area contributed by atoms with E-state index in [9.17, 15) is 9.59 Å². The number of carbonyl (C=O) groups excluding carboxylic acids is 2. The Morgan fingerprint density at radius 2 is 1.60 bits per heavy atom. The van der Waals surface area contributed by atoms with E-state index in [1.165, 1.54) is 52.4 Å². The lowest BCUT2D eigenvalue weighted by Gasteiger charge is -2.61. The van der Waals surface area contributed by atoms with Gasteiger partial charge in [0.2, 0.25) is 6.29 Å². The van der Waals surface area contributed by atoms with Crippen LogP contribution in [0, 0.1) is 40.4 Å². The van der Waals surface area contributed by atoms with Crippen LogP contribution in [-0.2, 0) is 23.8 Å². The maximum absolute atomic E-state index is 11.9. The zero-order valence-electron chi connectivity index (χ0n) is 19.0. The lowest BCUT2D eigenvalue weighted by Crippen LogP contribution is -2.56. The summed E-state index contributed by atoms with van der Waals surface area (Å²) in [6.45, 7) is 7.76. The van der Waals surface area contributed by atoms with Gasteiger partial charge in [-0.1, -0.05) is 6.92 Å². The fourth-order valence-electron chi connectivity index (χ4n) is 9.17. The van der Waals surface area contributed by atoms with Gasteiger partial charge in [-0.2, -0.15) is 0 Å². The Hall–Kier alpha value is -1.10. The van der Waals surface area contributed by atoms with Crippen LogP contribution < -0.4 is 0 Å². The summed E-state index contributed by atoms with van der Waals surface area (Å²) in [5, 5.41) is 0. The van der Waals surface area contributed by atoms with Crippen molar-refractivity contribution in [2.24, 2.45) is 40.4 Å². The third kappa shape index (κ3) is 2.90. The predicted octanol–water partition coefficient (Wildman–Crippen LogP) is 4.87. The Labute approximate surface area is 180 Å². The van der Waals surface area contributed by atoms with Crippen molar-refractivity contribution in [3.8, 4) is 0 Å². The molecule has 0 aromatic heterocycles. The summed E-state index contributed by atoms with van der Waals surface area (Å²) in [5.74, 6) is 2.89. The molecule has 10 unspecified atom stereocenters. The quantitative estimate of drug-likeness (QED) is 0.599. The van der Waals surface area contributed by atoms with Crippen LogP contribution >= 0.6 is 0 Å². The largest absolute Gasteiger partial charge is 0.463 e. The molecular formula is C25H38O5. The molecule has 1 spiro atoms. The summed E-state index contributed by atoms with van der Waals surface area (Å²) in [4.78, 5) is 23.3. The Kier molecular flexibility index (Phi) is 5.00. The lowest BCUT2D eigenvalue weighted by molar-refractivity contribution is -0.215. The minimum absolute atomic E-state index is 0.0321. The molecule has 5 aliphatic rings. The van der Waals surface area contributed by atoms with E-state index in [2.05, 4.69) is 13.8 Å². The van der Waals surface area contributed by atoms with E-state index in [4.69, 9.17) is 14.2 Å². The van der Waals surface area contributed by atoms with Gasteiger partial charge < -0.3 is 14.2 Å². The molecule has 168 valence electrons. The zero-order chi connectivity index (χ0) is 21.3. The summed E-state index contributed by atoms with van der Waals surface area (Å²) >= 11 is 0. The van der Waals surface area contributed by atoms with Crippen molar-refractivity contribution in [2.45, 2.75) is 104 Å². The minimum Gasteiger partial charge on any atom is -0.463 e. The molecule has 0 N–H and O–H groups in total. The first-order valence-corrected chi connectivity index (χ1v) is 12.3. The minimum atomic E-state index is -0.353. The number of ether oxygens (including phenoxy) is 3. The highest BCUT2D eigenvalue weighted by atomic mass is 16.7. The molecule has 5 fully saturated rings. The van der Waals surface area contributed by atoms with Gasteiger partial charge in [0, 0.05) is 19.3 Å². The number of hydrogen-bond donors (Lipinski definition) is 0. The van der Waals surface area contributed by atoms with Gasteiger partial charge >= 0.3 is 11.9 Å². The predicted molar refractivity (Wildman–Crippen MR) is 111 cm³/mol. The standard InChI is InChI=1S/C25H38O5/c1-14-20-7-8-22-19-6-5-17-13-18(29-15(2)26)9-11-24(17,4)21(19)10-12-25(20,22)23(28-14)30-16(3)27/h14,17-23H,5-13H2,1-4H3. The van der Waals surface area contributed by atoms with E-state index in [0.717, 1.165) is 25.2 Å². The van der Waals surface area contributed by atoms with E-state index in [-0.39, 0.29) is 35.9 Å². The highest BCUT2D eigenvalue weighted by Crippen LogP contribution is 2.71. The molecule has 4 aliphatic carbocycles. The maximum atomic E-state index is 11.9. The molecule has 5 nitrogen and oxygen atoms in total. The van der Waals surface area contributed by atoms with Gasteiger partial charge in [0.25, 0.3) is 0 Å². The van der Waals surface area contributed by atoms with Gasteiger partial charge in [-0.15, -0.1) is 0 Å². The van der Waals surface area contributed by atoms with E-state index in [1.54, 1.807) is 0 Å². The van der Waals surface area contributed by atoms with E-state index in [1.807, 2.05) is 0 Å². The summed E-state index contributed by atoms with van der Waals surface area (Å²) in [5.41, 5.74) is 0.381. The van der Waals surface area contributed by atoms with E-state index >= 15 is 0 Å². The van der Waals surface area contributed by atoms with Crippen LogP contribution in [-0.4, -0.2) is 30.4 Å². The van der Waals surface area contributed by atoms with Crippen LogP contribution in [0.4, 0.5) is 0 Å². The maximum Gasteiger partial charge on any atom is 0.304 e. The van der Waals surface area contributed by atoms with Gasteiger partial charge in [-0.3, -0.25) is 9.59 Å². The molecule has 5 rings (SSSR count). The van der Waals surface area contributed by atoms with Gasteiger partial charge in [-0.25, -0.2) is 0 Å². The second-order valence-corrected chi connectivity index (χ2v) is 11.3. The number of hydrogen-bond acceptors (Lipinski definition) is 5. The SMILES string of the molecule is CC(=O)OC1CCC2(C)C(CCC3C2CCC24C(OC(C)=O)OC(C)C2CCC34)C1. The summed E-state index contributed by atoms with van der Waals surface area (Å²) < 4.78 is 17.7. The number of fused-ring (bicyclic) bond motifs is 4. The van der Waals surface area contributed by atoms with Crippen molar-refractivity contribution in [3.63, 3.8) is 0 Å². The van der Waals surface area contributed by atoms with E-state index < -0.39 is 0 Å². The summed E-state index contributed by atoms with van der Waals surface area (Å²) in [7, 11) is 0. The molecule has 1 aliphatic heterocycles. The topological polar surface area (TPSA) is 61.8 Å². The van der Waals surface area contributed by atoms with Crippen molar-refractivity contribution < 1.29 is 23.8 Å². The Morgan fingerprint density at radius 3 is 2.33 bits per heavy atom. The highest BCUT2D eigenvalue weighted by molar-refractivity contribution is 5.66. The average Bonchev–Trinajstić information content (AvgIpc) is 3.18. The number of carbonyl (C=O) groups is 2. The van der Waals surface area contributed by atoms with Crippen molar-refractivity contribution in [1.29, 1.82) is 0 Å². The molecule has 0 aromatic carbocycles. The molecule has 10 atom stereocenters. The molecule has 0 amide bonds. The second-order valence-electron chi connectivity index (χ2n) is 11.3. The molecule has 1 saturated heterocycles. The van der Waals surface area contributed by atoms with Crippen molar-refractivity contribution in [2.75, 3.05) is 0 Å². The number of rotatable bonds is 2. The molecule has 0 aromatic rings. The molecule has 4 saturated carbocycles. The normalized spacial score (nSPS) is 51.9. The summed E-state index contributed by atoms with van der Waals surface area (Å²) in [6.07, 6.45) is 10.5. The van der Waals surface area contributed by atoms with Crippen LogP contribution in [0.25, 0.3) is 0 Å². The Morgan fingerprint density at radius 1 is 0.867 bits per heavy atom. The van der Waals surface area contributed by atoms with Gasteiger partial charge in [0.1, 0.15) is 6.10 Å². The highest BCUT2D eigenvalue weighted by Gasteiger charge is 2.69. The molecule has 5 heteroatoms. The fourth-order valence-corrected chi connectivity index (χ4v) is 9.17. The second kappa shape index (κ2) is 7.21. The van der Waals surface area contributed by atoms with Crippen molar-refractivity contribution in [1.82, 2.24) is 0 Å². The van der Waals surface area contributed by atoms with Crippen molar-refractivity contribution in [3.05, 3.63) is 0 Å². The first-order valence-electron chi connectivity index (χ1n) is 12.3. The summed E-state index contributed by atoms with van der Waals surface area (Å²) in [6, 6.07) is 0. The van der Waals surface area contributed by atoms with Crippen LogP contribution in [0.15, 0.2) is 0 Å². The Balaban J connectivity index is 1.39. The van der Waals surface area contributed by atoms with Crippen LogP contribution in [0.3, 0.4) is 0 Å². The molecule has 1 heterocycles. The molecule has 0 bridgehead atoms. The Bertz CT molecular complexity index is 720. The first-order chi connectivity index (χ1) is 14.3. The number of esters is 2. The molecule has 0 radical (unpaired) electrons. The van der Waals surface area contributed by atoms with Gasteiger partial charge in [-0.05, 0) is 99.7 Å². The van der Waals surface area contributed by atoms with Crippen molar-refractivity contribution >= 4 is 11.9 Å². The fraction of sp³-hybridized carbons (Fsp3) is 0.920. The molecule has 30 heavy (non-hydrogen) atoms. The lowest BCUT2D eigenvalue weighted by atomic mass is 9.44. The monoisotopic (exact) mass is 418 g/mol. The smallest absolute Gasteiger partial charge is 0.304 e. The van der Waals surface area contributed by atoms with Crippen LogP contribution in [0.5, 0.6) is 0 Å². The van der Waals surface area contributed by atoms with Gasteiger partial charge in [0.05, 0.1) is 6.10 Å². The van der Waals surface area contributed by atoms with E-state index in [0.29, 0.717) is 29.1 Å².